The zero-order valence-corrected chi connectivity index (χ0v) is 26.2. The SMILES string of the molecule is c1ccc(Nc2ccc(OC3CN4CCCCCCCCCCCCCCCCCCCCCC3CC4)cc2)cc1. The van der Waals surface area contributed by atoms with Crippen molar-refractivity contribution < 1.29 is 4.74 Å². The topological polar surface area (TPSA) is 24.5 Å². The van der Waals surface area contributed by atoms with Crippen molar-refractivity contribution in [2.45, 2.75) is 141 Å². The summed E-state index contributed by atoms with van der Waals surface area (Å²) in [6.45, 7) is 3.59. The molecule has 5 rings (SSSR count). The number of piperidine rings is 1. The van der Waals surface area contributed by atoms with E-state index in [0.717, 1.165) is 23.7 Å². The van der Waals surface area contributed by atoms with Crippen LogP contribution in [0.1, 0.15) is 135 Å². The monoisotopic (exact) mass is 560 g/mol. The van der Waals surface area contributed by atoms with E-state index in [9.17, 15) is 0 Å². The van der Waals surface area contributed by atoms with Crippen molar-refractivity contribution in [2.75, 3.05) is 25.0 Å². The first-order chi connectivity index (χ1) is 20.4. The average Bonchev–Trinajstić information content (AvgIpc) is 3.00. The van der Waals surface area contributed by atoms with Crippen LogP contribution in [0.4, 0.5) is 11.4 Å². The summed E-state index contributed by atoms with van der Waals surface area (Å²) in [6.07, 6.45) is 30.2. The molecule has 3 unspecified atom stereocenters. The normalized spacial score (nSPS) is 25.4. The third-order valence-corrected chi connectivity index (χ3v) is 9.53. The van der Waals surface area contributed by atoms with Gasteiger partial charge in [0.15, 0.2) is 0 Å². The number of ether oxygens (including phenoxy) is 1. The highest BCUT2D eigenvalue weighted by Crippen LogP contribution is 2.29. The van der Waals surface area contributed by atoms with Crippen LogP contribution in [0, 0.1) is 5.92 Å². The van der Waals surface area contributed by atoms with E-state index in [4.69, 9.17) is 4.74 Å². The molecule has 41 heavy (non-hydrogen) atoms. The lowest BCUT2D eigenvalue weighted by molar-refractivity contribution is 0.0340. The lowest BCUT2D eigenvalue weighted by Crippen LogP contribution is -2.47. The van der Waals surface area contributed by atoms with Crippen LogP contribution in [-0.2, 0) is 0 Å². The third kappa shape index (κ3) is 13.2. The summed E-state index contributed by atoms with van der Waals surface area (Å²) >= 11 is 0. The molecule has 3 saturated heterocycles. The van der Waals surface area contributed by atoms with Gasteiger partial charge < -0.3 is 10.1 Å². The van der Waals surface area contributed by atoms with Gasteiger partial charge in [0, 0.05) is 17.9 Å². The highest BCUT2D eigenvalue weighted by atomic mass is 16.5. The van der Waals surface area contributed by atoms with Gasteiger partial charge in [-0.05, 0) is 74.7 Å². The number of nitrogens with one attached hydrogen (secondary N) is 1. The van der Waals surface area contributed by atoms with Gasteiger partial charge in [-0.2, -0.15) is 0 Å². The molecule has 3 atom stereocenters. The van der Waals surface area contributed by atoms with Crippen LogP contribution in [0.5, 0.6) is 5.75 Å². The first kappa shape index (κ1) is 31.9. The van der Waals surface area contributed by atoms with Crippen LogP contribution in [0.2, 0.25) is 0 Å². The molecular weight excluding hydrogens is 500 g/mol. The molecule has 2 aromatic rings. The Morgan fingerprint density at radius 1 is 0.488 bits per heavy atom. The number of para-hydroxylation sites is 1. The second-order valence-corrected chi connectivity index (χ2v) is 13.0. The van der Waals surface area contributed by atoms with Crippen molar-refractivity contribution in [3.63, 3.8) is 0 Å². The molecule has 3 aliphatic rings. The summed E-state index contributed by atoms with van der Waals surface area (Å²) in [7, 11) is 0. The van der Waals surface area contributed by atoms with Crippen molar-refractivity contribution >= 4 is 11.4 Å². The minimum Gasteiger partial charge on any atom is -0.489 e. The molecule has 3 heterocycles. The largest absolute Gasteiger partial charge is 0.489 e. The lowest BCUT2D eigenvalue weighted by Gasteiger charge is -2.39. The Morgan fingerprint density at radius 3 is 1.54 bits per heavy atom. The van der Waals surface area contributed by atoms with Gasteiger partial charge in [-0.3, -0.25) is 4.90 Å². The molecule has 0 aromatic heterocycles. The molecule has 3 aliphatic heterocycles. The van der Waals surface area contributed by atoms with E-state index in [1.807, 2.05) is 0 Å². The maximum absolute atomic E-state index is 6.75. The van der Waals surface area contributed by atoms with Crippen LogP contribution in [0.15, 0.2) is 54.6 Å². The molecule has 0 spiro atoms. The van der Waals surface area contributed by atoms with Gasteiger partial charge in [0.2, 0.25) is 0 Å². The molecule has 3 heteroatoms. The Bertz CT molecular complexity index is 894. The van der Waals surface area contributed by atoms with Gasteiger partial charge in [-0.1, -0.05) is 134 Å². The Kier molecular flexibility index (Phi) is 15.6. The molecule has 1 N–H and O–H groups in total. The minimum absolute atomic E-state index is 0.311. The fraction of sp³-hybridized carbons (Fsp3) is 0.684. The quantitative estimate of drug-likeness (QED) is 0.402. The van der Waals surface area contributed by atoms with E-state index in [2.05, 4.69) is 64.8 Å². The van der Waals surface area contributed by atoms with Crippen LogP contribution >= 0.6 is 0 Å². The van der Waals surface area contributed by atoms with Gasteiger partial charge >= 0.3 is 0 Å². The maximum Gasteiger partial charge on any atom is 0.119 e. The van der Waals surface area contributed by atoms with Crippen LogP contribution in [-0.4, -0.2) is 30.6 Å². The number of benzene rings is 2. The van der Waals surface area contributed by atoms with E-state index in [1.54, 1.807) is 0 Å². The maximum atomic E-state index is 6.75. The molecule has 228 valence electrons. The summed E-state index contributed by atoms with van der Waals surface area (Å²) in [5.74, 6) is 1.70. The van der Waals surface area contributed by atoms with Gasteiger partial charge in [0.1, 0.15) is 11.9 Å². The number of nitrogens with zero attached hydrogens (tertiary/aromatic N) is 1. The van der Waals surface area contributed by atoms with Crippen LogP contribution in [0.3, 0.4) is 0 Å². The number of fused-ring (bicyclic) bond motifs is 22. The highest BCUT2D eigenvalue weighted by Gasteiger charge is 2.30. The van der Waals surface area contributed by atoms with Gasteiger partial charge in [-0.25, -0.2) is 0 Å². The second-order valence-electron chi connectivity index (χ2n) is 13.0. The van der Waals surface area contributed by atoms with Crippen molar-refractivity contribution in [3.05, 3.63) is 54.6 Å². The Balaban J connectivity index is 1.26. The molecule has 2 aromatic carbocycles. The van der Waals surface area contributed by atoms with Gasteiger partial charge in [0.25, 0.3) is 0 Å². The standard InChI is InChI=1S/C38H60N2O/c1-2-4-6-8-10-12-14-16-19-23-34-30-32-40(31-22-17-15-13-11-9-7-5-3-1)33-38(34)41-37-28-26-36(27-29-37)39-35-24-20-18-21-25-35/h18,20-21,24-29,34,38-39H,1-17,19,22-23,30-33H2. The second kappa shape index (κ2) is 20.0. The zero-order valence-electron chi connectivity index (χ0n) is 26.2. The zero-order chi connectivity index (χ0) is 28.2. The van der Waals surface area contributed by atoms with E-state index < -0.39 is 0 Å². The summed E-state index contributed by atoms with van der Waals surface area (Å²) in [4.78, 5) is 2.70. The third-order valence-electron chi connectivity index (χ3n) is 9.53. The van der Waals surface area contributed by atoms with Crippen molar-refractivity contribution in [2.24, 2.45) is 5.92 Å². The summed E-state index contributed by atoms with van der Waals surface area (Å²) in [6, 6.07) is 19.0. The number of hydrogen-bond acceptors (Lipinski definition) is 3. The average molecular weight is 561 g/mol. The fourth-order valence-corrected chi connectivity index (χ4v) is 6.92. The van der Waals surface area contributed by atoms with Gasteiger partial charge in [-0.15, -0.1) is 0 Å². The first-order valence-corrected chi connectivity index (χ1v) is 17.7. The van der Waals surface area contributed by atoms with E-state index in [1.165, 1.54) is 148 Å². The molecule has 0 radical (unpaired) electrons. The predicted octanol–water partition coefficient (Wildman–Crippen LogP) is 11.3. The fourth-order valence-electron chi connectivity index (χ4n) is 6.92. The molecule has 3 nitrogen and oxygen atoms in total. The first-order valence-electron chi connectivity index (χ1n) is 17.7. The van der Waals surface area contributed by atoms with Gasteiger partial charge in [0.05, 0.1) is 0 Å². The summed E-state index contributed by atoms with van der Waals surface area (Å²) < 4.78 is 6.75. The summed E-state index contributed by atoms with van der Waals surface area (Å²) in [5, 5.41) is 3.50. The van der Waals surface area contributed by atoms with E-state index >= 15 is 0 Å². The van der Waals surface area contributed by atoms with Crippen molar-refractivity contribution in [1.29, 1.82) is 0 Å². The Morgan fingerprint density at radius 2 is 0.976 bits per heavy atom. The molecule has 0 aliphatic carbocycles. The molecule has 0 saturated carbocycles. The molecule has 3 fully saturated rings. The van der Waals surface area contributed by atoms with Crippen LogP contribution in [0.25, 0.3) is 0 Å². The number of rotatable bonds is 4. The predicted molar refractivity (Wildman–Crippen MR) is 177 cm³/mol. The smallest absolute Gasteiger partial charge is 0.119 e. The van der Waals surface area contributed by atoms with Crippen molar-refractivity contribution in [1.82, 2.24) is 4.90 Å². The minimum atomic E-state index is 0.311. The molecule has 0 amide bonds. The summed E-state index contributed by atoms with van der Waals surface area (Å²) in [5.41, 5.74) is 2.23. The highest BCUT2D eigenvalue weighted by molar-refractivity contribution is 5.60. The van der Waals surface area contributed by atoms with Crippen LogP contribution < -0.4 is 10.1 Å². The Hall–Kier alpha value is -2.00. The Labute approximate surface area is 252 Å². The van der Waals surface area contributed by atoms with E-state index in [-0.39, 0.29) is 0 Å². The number of hydrogen-bond donors (Lipinski definition) is 1. The van der Waals surface area contributed by atoms with Crippen molar-refractivity contribution in [3.8, 4) is 5.75 Å². The lowest BCUT2D eigenvalue weighted by atomic mass is 9.88. The molecular formula is C38H60N2O. The number of anilines is 2. The van der Waals surface area contributed by atoms with E-state index in [0.29, 0.717) is 12.0 Å². The molecule has 2 bridgehead atoms.